The van der Waals surface area contributed by atoms with Crippen LogP contribution in [0, 0.1) is 24.2 Å². The van der Waals surface area contributed by atoms with Crippen LogP contribution in [-0.4, -0.2) is 71.2 Å². The van der Waals surface area contributed by atoms with E-state index < -0.39 is 11.9 Å². The fourth-order valence-corrected chi connectivity index (χ4v) is 5.02. The molecule has 0 unspecified atom stereocenters. The van der Waals surface area contributed by atoms with E-state index in [4.69, 9.17) is 17.1 Å². The summed E-state index contributed by atoms with van der Waals surface area (Å²) in [5.41, 5.74) is 11.6. The molecule has 1 atom stereocenters. The van der Waals surface area contributed by atoms with Gasteiger partial charge in [0.25, 0.3) is 11.5 Å². The predicted octanol–water partition coefficient (Wildman–Crippen LogP) is -1.77. The summed E-state index contributed by atoms with van der Waals surface area (Å²) in [6.45, 7) is 1.98. The smallest absolute Gasteiger partial charge is 0.262 e. The van der Waals surface area contributed by atoms with Gasteiger partial charge in [0, 0.05) is 31.5 Å². The number of carbonyl (C=O) groups excluding carboxylic acids is 1. The molecule has 45 heavy (non-hydrogen) atoms. The van der Waals surface area contributed by atoms with Gasteiger partial charge < -0.3 is 11.1 Å². The first-order valence-corrected chi connectivity index (χ1v) is 14.3. The van der Waals surface area contributed by atoms with Gasteiger partial charge in [-0.2, -0.15) is 5.10 Å². The fourth-order valence-electron chi connectivity index (χ4n) is 5.02. The lowest BCUT2D eigenvalue weighted by Gasteiger charge is -2.21. The number of amides is 1. The Hall–Kier alpha value is -5.68. The highest BCUT2D eigenvalue weighted by Crippen LogP contribution is 2.21. The summed E-state index contributed by atoms with van der Waals surface area (Å²) in [5, 5.41) is 11.7. The summed E-state index contributed by atoms with van der Waals surface area (Å²) in [6.07, 6.45) is 10.5. The van der Waals surface area contributed by atoms with Crippen LogP contribution in [0.25, 0.3) is 16.6 Å². The number of nitrogens with two attached hydrogens (primary N) is 1. The highest BCUT2D eigenvalue weighted by atomic mass is 16.2. The van der Waals surface area contributed by atoms with Gasteiger partial charge in [-0.1, -0.05) is 28.9 Å². The predicted molar refractivity (Wildman–Crippen MR) is 186 cm³/mol. The topological polar surface area (TPSA) is 138 Å². The zero-order chi connectivity index (χ0) is 32.4. The van der Waals surface area contributed by atoms with E-state index >= 15 is 0 Å². The molecular weight excluding hydrogens is 562 g/mol. The number of terminal acetylenes is 1. The number of nitrogens with one attached hydrogen (secondary N) is 1. The third-order valence-electron chi connectivity index (χ3n) is 7.92. The van der Waals surface area contributed by atoms with E-state index in [9.17, 15) is 9.59 Å². The average molecular weight is 591 g/mol. The quantitative estimate of drug-likeness (QED) is 0.136. The minimum atomic E-state index is -0.700. The van der Waals surface area contributed by atoms with Crippen molar-refractivity contribution in [2.75, 3.05) is 5.73 Å². The summed E-state index contributed by atoms with van der Waals surface area (Å²) >= 11 is 0. The Bertz CT molecular complexity index is 2230. The number of carbonyl (C=O) groups is 1. The van der Waals surface area contributed by atoms with Crippen molar-refractivity contribution in [1.82, 2.24) is 39.2 Å². The highest BCUT2D eigenvalue weighted by molar-refractivity contribution is 6.44. The van der Waals surface area contributed by atoms with Crippen molar-refractivity contribution in [2.24, 2.45) is 7.05 Å². The molecule has 0 fully saturated rings. The largest absolute Gasteiger partial charge is 0.381 e. The molecule has 1 aromatic carbocycles. The minimum Gasteiger partial charge on any atom is -0.381 e. The Balaban J connectivity index is 1.66. The first-order valence-electron chi connectivity index (χ1n) is 14.3. The lowest BCUT2D eigenvalue weighted by Crippen LogP contribution is -2.35. The molecule has 0 spiro atoms. The van der Waals surface area contributed by atoms with Gasteiger partial charge in [-0.15, -0.1) is 17.0 Å². The molecule has 218 valence electrons. The van der Waals surface area contributed by atoms with Crippen LogP contribution >= 0.6 is 0 Å². The molecule has 4 aromatic heterocycles. The van der Waals surface area contributed by atoms with Crippen molar-refractivity contribution in [3.05, 3.63) is 104 Å². The molecule has 0 aliphatic rings. The number of nitrogens with zero attached hydrogens (tertiary/aromatic N) is 7. The lowest BCUT2D eigenvalue weighted by atomic mass is 9.66. The number of nitrogen functional groups attached to an aromatic ring is 1. The summed E-state index contributed by atoms with van der Waals surface area (Å²) in [7, 11) is 9.57. The molecule has 15 heteroatoms. The molecule has 0 saturated heterocycles. The van der Waals surface area contributed by atoms with Crippen molar-refractivity contribution in [3.8, 4) is 24.2 Å². The van der Waals surface area contributed by atoms with Crippen molar-refractivity contribution < 1.29 is 4.79 Å². The maximum Gasteiger partial charge on any atom is 0.262 e. The van der Waals surface area contributed by atoms with Gasteiger partial charge in [-0.05, 0) is 42.6 Å². The van der Waals surface area contributed by atoms with Crippen LogP contribution in [-0.2, 0) is 13.6 Å². The van der Waals surface area contributed by atoms with Crippen LogP contribution in [0.15, 0.2) is 75.6 Å². The number of aromatic nitrogens is 7. The third kappa shape index (κ3) is 5.93. The summed E-state index contributed by atoms with van der Waals surface area (Å²) in [5.74, 6) is 8.84. The van der Waals surface area contributed by atoms with Crippen LogP contribution in [0.2, 0.25) is 0 Å². The van der Waals surface area contributed by atoms with Gasteiger partial charge in [0.15, 0.2) is 11.5 Å². The molecule has 0 saturated carbocycles. The first-order chi connectivity index (χ1) is 21.5. The van der Waals surface area contributed by atoms with E-state index in [0.717, 1.165) is 21.9 Å². The molecule has 0 aliphatic carbocycles. The van der Waals surface area contributed by atoms with Crippen LogP contribution < -0.4 is 16.6 Å². The van der Waals surface area contributed by atoms with Crippen LogP contribution in [0.5, 0.6) is 0 Å². The number of aryl methyl sites for hydroxylation is 1. The Morgan fingerprint density at radius 1 is 1.11 bits per heavy atom. The number of fused-ring (bicyclic) bond motifs is 2. The SMILES string of the molecule is B/C(C#C)=C(B)/C(B)=C(/B)Cn1c([C@H](C)NC(=O)c2c(N)nn3cccnc23)nc2cccc(C#Cc3ccnn3C)c2c1=O. The monoisotopic (exact) mass is 591 g/mol. The van der Waals surface area contributed by atoms with Crippen molar-refractivity contribution in [1.29, 1.82) is 0 Å². The summed E-state index contributed by atoms with van der Waals surface area (Å²) < 4.78 is 4.68. The number of anilines is 1. The number of benzene rings is 1. The molecule has 1 amide bonds. The van der Waals surface area contributed by atoms with Gasteiger partial charge in [0.2, 0.25) is 0 Å². The molecular formula is C30H29B4N9O2. The molecule has 4 heterocycles. The van der Waals surface area contributed by atoms with Gasteiger partial charge in [-0.25, -0.2) is 14.5 Å². The lowest BCUT2D eigenvalue weighted by molar-refractivity contribution is 0.0939. The zero-order valence-corrected chi connectivity index (χ0v) is 26.0. The number of rotatable bonds is 6. The van der Waals surface area contributed by atoms with Crippen molar-refractivity contribution in [2.45, 2.75) is 19.5 Å². The molecule has 3 N–H and O–H groups in total. The van der Waals surface area contributed by atoms with Gasteiger partial charge in [0.1, 0.15) is 48.5 Å². The minimum absolute atomic E-state index is 0.0412. The first kappa shape index (κ1) is 30.8. The van der Waals surface area contributed by atoms with E-state index in [2.05, 4.69) is 38.3 Å². The number of hydrogen-bond donors (Lipinski definition) is 2. The van der Waals surface area contributed by atoms with E-state index in [-0.39, 0.29) is 23.5 Å². The second-order valence-corrected chi connectivity index (χ2v) is 10.8. The van der Waals surface area contributed by atoms with Gasteiger partial charge in [0.05, 0.1) is 23.1 Å². The van der Waals surface area contributed by atoms with E-state index in [1.54, 1.807) is 72.1 Å². The zero-order valence-electron chi connectivity index (χ0n) is 26.0. The van der Waals surface area contributed by atoms with Gasteiger partial charge in [-0.3, -0.25) is 18.8 Å². The molecule has 0 aliphatic heterocycles. The Morgan fingerprint density at radius 2 is 1.89 bits per heavy atom. The van der Waals surface area contributed by atoms with Crippen molar-refractivity contribution >= 4 is 59.7 Å². The second kappa shape index (κ2) is 12.5. The summed E-state index contributed by atoms with van der Waals surface area (Å²) in [6, 6.07) is 8.15. The van der Waals surface area contributed by atoms with Crippen LogP contribution in [0.3, 0.4) is 0 Å². The Kier molecular flexibility index (Phi) is 8.55. The molecule has 5 rings (SSSR count). The van der Waals surface area contributed by atoms with Crippen LogP contribution in [0.4, 0.5) is 5.82 Å². The second-order valence-electron chi connectivity index (χ2n) is 10.8. The number of allylic oxidation sites excluding steroid dienone is 4. The Labute approximate surface area is 263 Å². The molecule has 11 nitrogen and oxygen atoms in total. The molecule has 0 bridgehead atoms. The Morgan fingerprint density at radius 3 is 2.60 bits per heavy atom. The number of hydrogen-bond acceptors (Lipinski definition) is 7. The molecule has 5 aromatic rings. The van der Waals surface area contributed by atoms with Gasteiger partial charge >= 0.3 is 0 Å². The van der Waals surface area contributed by atoms with Crippen molar-refractivity contribution in [3.63, 3.8) is 0 Å². The third-order valence-corrected chi connectivity index (χ3v) is 7.92. The van der Waals surface area contributed by atoms with E-state index in [1.807, 2.05) is 31.4 Å². The van der Waals surface area contributed by atoms with Crippen LogP contribution in [0.1, 0.15) is 40.4 Å². The van der Waals surface area contributed by atoms with E-state index in [1.165, 1.54) is 4.52 Å². The maximum absolute atomic E-state index is 14.4. The average Bonchev–Trinajstić information content (AvgIpc) is 3.60. The standard InChI is InChI=1S/C30H29B4N9O2/c1-4-19(31)24(33)25(34)20(32)15-42-27(16(2)38-29(44)23-26(35)40-43-14-6-12-36-28(23)43)39-21-8-5-7-17(22(21)30(42)45)9-10-18-11-13-37-41(18)3/h1,5-8,11-14,16H,15,31-34H2,2-3H3,(H2,35,40)(H,38,44)/b24-19-,25-20-/t16-/m0/s1. The molecule has 0 radical (unpaired) electrons. The van der Waals surface area contributed by atoms with E-state index in [0.29, 0.717) is 33.6 Å². The summed E-state index contributed by atoms with van der Waals surface area (Å²) in [4.78, 5) is 37.1. The fraction of sp³-hybridized carbons (Fsp3) is 0.133. The normalized spacial score (nSPS) is 12.9. The highest BCUT2D eigenvalue weighted by Gasteiger charge is 2.24. The maximum atomic E-state index is 14.4.